The van der Waals surface area contributed by atoms with Crippen LogP contribution in [0.2, 0.25) is 0 Å². The van der Waals surface area contributed by atoms with Crippen molar-refractivity contribution in [1.82, 2.24) is 5.32 Å². The zero-order chi connectivity index (χ0) is 16.9. The number of alkyl halides is 3. The van der Waals surface area contributed by atoms with Crippen molar-refractivity contribution in [1.29, 1.82) is 0 Å². The van der Waals surface area contributed by atoms with Crippen molar-refractivity contribution in [2.24, 2.45) is 11.8 Å². The van der Waals surface area contributed by atoms with Crippen LogP contribution >= 0.6 is 0 Å². The normalized spacial score (nSPS) is 14.2. The van der Waals surface area contributed by atoms with Gasteiger partial charge in [0, 0.05) is 12.5 Å². The zero-order valence-electron chi connectivity index (χ0n) is 12.3. The Labute approximate surface area is 126 Å². The molecule has 0 saturated heterocycles. The van der Waals surface area contributed by atoms with E-state index in [4.69, 9.17) is 5.11 Å². The van der Waals surface area contributed by atoms with E-state index in [0.29, 0.717) is 5.56 Å². The molecule has 7 heteroatoms. The largest absolute Gasteiger partial charge is 0.481 e. The number of benzene rings is 1. The van der Waals surface area contributed by atoms with E-state index >= 15 is 0 Å². The maximum Gasteiger partial charge on any atom is 0.416 e. The highest BCUT2D eigenvalue weighted by atomic mass is 19.4. The summed E-state index contributed by atoms with van der Waals surface area (Å²) in [6.07, 6.45) is -4.18. The van der Waals surface area contributed by atoms with Crippen LogP contribution in [0.1, 0.15) is 31.4 Å². The summed E-state index contributed by atoms with van der Waals surface area (Å²) >= 11 is 0. The van der Waals surface area contributed by atoms with Crippen LogP contribution in [0.15, 0.2) is 24.3 Å². The quantitative estimate of drug-likeness (QED) is 0.847. The van der Waals surface area contributed by atoms with Crippen molar-refractivity contribution >= 4 is 11.9 Å². The fraction of sp³-hybridized carbons (Fsp3) is 0.467. The van der Waals surface area contributed by atoms with E-state index in [9.17, 15) is 22.8 Å². The van der Waals surface area contributed by atoms with E-state index in [2.05, 4.69) is 5.32 Å². The lowest BCUT2D eigenvalue weighted by atomic mass is 9.97. The Morgan fingerprint density at radius 2 is 1.68 bits per heavy atom. The van der Waals surface area contributed by atoms with Gasteiger partial charge in [-0.25, -0.2) is 0 Å². The Bertz CT molecular complexity index is 526. The third-order valence-electron chi connectivity index (χ3n) is 3.32. The summed E-state index contributed by atoms with van der Waals surface area (Å²) in [5.41, 5.74) is -0.203. The van der Waals surface area contributed by atoms with Crippen LogP contribution in [-0.4, -0.2) is 17.0 Å². The molecule has 1 amide bonds. The second-order valence-corrected chi connectivity index (χ2v) is 5.29. The lowest BCUT2D eigenvalue weighted by molar-refractivity contribution is -0.142. The molecule has 0 fully saturated rings. The number of carboxylic acids is 1. The monoisotopic (exact) mass is 317 g/mol. The van der Waals surface area contributed by atoms with Crippen LogP contribution in [-0.2, 0) is 22.3 Å². The number of nitrogens with one attached hydrogen (secondary N) is 1. The first-order valence-electron chi connectivity index (χ1n) is 6.78. The van der Waals surface area contributed by atoms with Crippen molar-refractivity contribution in [3.05, 3.63) is 35.4 Å². The fourth-order valence-electron chi connectivity index (χ4n) is 1.91. The van der Waals surface area contributed by atoms with Gasteiger partial charge in [-0.1, -0.05) is 26.0 Å². The summed E-state index contributed by atoms with van der Waals surface area (Å²) in [7, 11) is 0. The molecular formula is C15H18F3NO3. The number of halogens is 3. The second-order valence-electron chi connectivity index (χ2n) is 5.29. The fourth-order valence-corrected chi connectivity index (χ4v) is 1.91. The van der Waals surface area contributed by atoms with Gasteiger partial charge in [0.15, 0.2) is 0 Å². The molecule has 1 aromatic rings. The van der Waals surface area contributed by atoms with Crippen molar-refractivity contribution in [2.75, 3.05) is 0 Å². The number of carboxylic acid groups (broad SMARTS) is 1. The molecule has 0 aromatic heterocycles. The van der Waals surface area contributed by atoms with E-state index in [0.717, 1.165) is 12.1 Å². The summed E-state index contributed by atoms with van der Waals surface area (Å²) in [5, 5.41) is 11.4. The first-order chi connectivity index (χ1) is 10.1. The minimum Gasteiger partial charge on any atom is -0.481 e. The SMILES string of the molecule is CC(CC(C)C(=O)NCc1ccc(C(F)(F)F)cc1)C(=O)O. The molecule has 22 heavy (non-hydrogen) atoms. The van der Waals surface area contributed by atoms with E-state index in [1.54, 1.807) is 6.92 Å². The first kappa shape index (κ1) is 18.0. The maximum atomic E-state index is 12.4. The summed E-state index contributed by atoms with van der Waals surface area (Å²) in [6.45, 7) is 3.23. The smallest absolute Gasteiger partial charge is 0.416 e. The topological polar surface area (TPSA) is 66.4 Å². The second kappa shape index (κ2) is 7.29. The van der Waals surface area contributed by atoms with Gasteiger partial charge < -0.3 is 10.4 Å². The third-order valence-corrected chi connectivity index (χ3v) is 3.32. The van der Waals surface area contributed by atoms with Crippen molar-refractivity contribution < 1.29 is 27.9 Å². The van der Waals surface area contributed by atoms with Gasteiger partial charge in [-0.05, 0) is 24.1 Å². The Morgan fingerprint density at radius 3 is 2.14 bits per heavy atom. The predicted molar refractivity (Wildman–Crippen MR) is 73.9 cm³/mol. The summed E-state index contributed by atoms with van der Waals surface area (Å²) in [5.74, 6) is -2.41. The molecule has 2 N–H and O–H groups in total. The molecule has 0 heterocycles. The summed E-state index contributed by atoms with van der Waals surface area (Å²) in [4.78, 5) is 22.5. The highest BCUT2D eigenvalue weighted by Gasteiger charge is 2.29. The van der Waals surface area contributed by atoms with Gasteiger partial charge in [-0.2, -0.15) is 13.2 Å². The molecule has 0 aliphatic heterocycles. The van der Waals surface area contributed by atoms with Gasteiger partial charge in [0.25, 0.3) is 0 Å². The average molecular weight is 317 g/mol. The highest BCUT2D eigenvalue weighted by Crippen LogP contribution is 2.29. The third kappa shape index (κ3) is 5.38. The van der Waals surface area contributed by atoms with Crippen LogP contribution in [0.5, 0.6) is 0 Å². The molecule has 0 radical (unpaired) electrons. The Kier molecular flexibility index (Phi) is 5.96. The number of rotatable bonds is 6. The number of amides is 1. The molecule has 0 aliphatic rings. The van der Waals surface area contributed by atoms with E-state index in [1.807, 2.05) is 0 Å². The molecule has 2 atom stereocenters. The molecule has 1 aromatic carbocycles. The molecule has 4 nitrogen and oxygen atoms in total. The first-order valence-corrected chi connectivity index (χ1v) is 6.78. The molecular weight excluding hydrogens is 299 g/mol. The highest BCUT2D eigenvalue weighted by molar-refractivity contribution is 5.79. The van der Waals surface area contributed by atoms with Crippen molar-refractivity contribution in [3.8, 4) is 0 Å². The molecule has 0 bridgehead atoms. The van der Waals surface area contributed by atoms with Gasteiger partial charge in [0.05, 0.1) is 11.5 Å². The molecule has 1 rings (SSSR count). The van der Waals surface area contributed by atoms with E-state index < -0.39 is 29.5 Å². The van der Waals surface area contributed by atoms with Gasteiger partial charge in [0.2, 0.25) is 5.91 Å². The Balaban J connectivity index is 2.52. The standard InChI is InChI=1S/C15H18F3NO3/c1-9(7-10(2)14(21)22)13(20)19-8-11-3-5-12(6-4-11)15(16,17)18/h3-6,9-10H,7-8H2,1-2H3,(H,19,20)(H,21,22). The van der Waals surface area contributed by atoms with Crippen molar-refractivity contribution in [2.45, 2.75) is 33.0 Å². The zero-order valence-corrected chi connectivity index (χ0v) is 12.3. The lowest BCUT2D eigenvalue weighted by Gasteiger charge is -2.14. The van der Waals surface area contributed by atoms with Gasteiger partial charge in [-0.3, -0.25) is 9.59 Å². The molecule has 2 unspecified atom stereocenters. The number of carbonyl (C=O) groups is 2. The van der Waals surface area contributed by atoms with Crippen LogP contribution < -0.4 is 5.32 Å². The molecule has 122 valence electrons. The van der Waals surface area contributed by atoms with Crippen molar-refractivity contribution in [3.63, 3.8) is 0 Å². The lowest BCUT2D eigenvalue weighted by Crippen LogP contribution is -2.30. The Morgan fingerprint density at radius 1 is 1.14 bits per heavy atom. The number of aliphatic carboxylic acids is 1. The number of carbonyl (C=O) groups excluding carboxylic acids is 1. The van der Waals surface area contributed by atoms with E-state index in [1.165, 1.54) is 19.1 Å². The van der Waals surface area contributed by atoms with Gasteiger partial charge in [0.1, 0.15) is 0 Å². The molecule has 0 aliphatic carbocycles. The molecule has 0 spiro atoms. The maximum absolute atomic E-state index is 12.4. The Hall–Kier alpha value is -2.05. The minimum atomic E-state index is -4.39. The number of hydrogen-bond acceptors (Lipinski definition) is 2. The van der Waals surface area contributed by atoms with Crippen LogP contribution in [0.3, 0.4) is 0 Å². The van der Waals surface area contributed by atoms with Gasteiger partial charge >= 0.3 is 12.1 Å². The average Bonchev–Trinajstić information content (AvgIpc) is 2.43. The molecule has 0 saturated carbocycles. The van der Waals surface area contributed by atoms with Crippen LogP contribution in [0.4, 0.5) is 13.2 Å². The van der Waals surface area contributed by atoms with Gasteiger partial charge in [-0.15, -0.1) is 0 Å². The minimum absolute atomic E-state index is 0.1000. The van der Waals surface area contributed by atoms with Crippen LogP contribution in [0.25, 0.3) is 0 Å². The van der Waals surface area contributed by atoms with E-state index in [-0.39, 0.29) is 18.9 Å². The summed E-state index contributed by atoms with van der Waals surface area (Å²) in [6, 6.07) is 4.51. The summed E-state index contributed by atoms with van der Waals surface area (Å²) < 4.78 is 37.2. The number of hydrogen-bond donors (Lipinski definition) is 2. The predicted octanol–water partition coefficient (Wildman–Crippen LogP) is 3.07. The van der Waals surface area contributed by atoms with Crippen LogP contribution in [0, 0.1) is 11.8 Å².